The Labute approximate surface area is 96.9 Å². The van der Waals surface area contributed by atoms with E-state index in [1.165, 1.54) is 5.56 Å². The third-order valence-corrected chi connectivity index (χ3v) is 3.38. The highest BCUT2D eigenvalue weighted by Crippen LogP contribution is 2.23. The van der Waals surface area contributed by atoms with Crippen molar-refractivity contribution in [3.8, 4) is 5.75 Å². The van der Waals surface area contributed by atoms with Crippen molar-refractivity contribution in [1.29, 1.82) is 0 Å². The van der Waals surface area contributed by atoms with Crippen LogP contribution in [0.1, 0.15) is 18.1 Å². The zero-order chi connectivity index (χ0) is 11.7. The van der Waals surface area contributed by atoms with Gasteiger partial charge in [0.2, 0.25) is 0 Å². The molecule has 1 aromatic carbocycles. The minimum Gasteiger partial charge on any atom is -0.508 e. The second-order valence-corrected chi connectivity index (χ2v) is 4.97. The normalized spacial score (nSPS) is 26.2. The maximum atomic E-state index is 9.77. The number of benzene rings is 1. The first-order chi connectivity index (χ1) is 7.56. The quantitative estimate of drug-likeness (QED) is 0.793. The molecule has 16 heavy (non-hydrogen) atoms. The summed E-state index contributed by atoms with van der Waals surface area (Å²) < 4.78 is 0. The van der Waals surface area contributed by atoms with Gasteiger partial charge in [-0.1, -0.05) is 24.6 Å². The number of phenols is 1. The first-order valence-electron chi connectivity index (χ1n) is 5.82. The Balaban J connectivity index is 2.07. The summed E-state index contributed by atoms with van der Waals surface area (Å²) in [4.78, 5) is 2.31. The fourth-order valence-corrected chi connectivity index (χ4v) is 2.31. The molecular weight excluding hydrogens is 200 g/mol. The molecule has 1 aliphatic rings. The van der Waals surface area contributed by atoms with E-state index in [1.54, 1.807) is 6.07 Å². The number of likely N-dealkylation sites (tertiary alicyclic amines) is 1. The van der Waals surface area contributed by atoms with E-state index in [1.807, 2.05) is 19.1 Å². The van der Waals surface area contributed by atoms with Crippen LogP contribution in [0.4, 0.5) is 0 Å². The van der Waals surface area contributed by atoms with Crippen LogP contribution >= 0.6 is 0 Å². The number of rotatable bonds is 2. The third-order valence-electron chi connectivity index (χ3n) is 3.38. The van der Waals surface area contributed by atoms with E-state index in [9.17, 15) is 5.11 Å². The lowest BCUT2D eigenvalue weighted by Gasteiger charge is -2.16. The van der Waals surface area contributed by atoms with Gasteiger partial charge in [0, 0.05) is 31.2 Å². The highest BCUT2D eigenvalue weighted by atomic mass is 16.3. The molecule has 3 N–H and O–H groups in total. The largest absolute Gasteiger partial charge is 0.508 e. The highest BCUT2D eigenvalue weighted by molar-refractivity contribution is 5.35. The second-order valence-electron chi connectivity index (χ2n) is 4.97. The average molecular weight is 220 g/mol. The molecule has 0 saturated carbocycles. The molecule has 2 atom stereocenters. The first kappa shape index (κ1) is 11.4. The Morgan fingerprint density at radius 2 is 2.19 bits per heavy atom. The molecule has 1 aliphatic heterocycles. The summed E-state index contributed by atoms with van der Waals surface area (Å²) in [5, 5.41) is 9.77. The maximum Gasteiger partial charge on any atom is 0.120 e. The molecule has 0 radical (unpaired) electrons. The van der Waals surface area contributed by atoms with E-state index in [2.05, 4.69) is 11.8 Å². The van der Waals surface area contributed by atoms with E-state index in [0.29, 0.717) is 11.7 Å². The van der Waals surface area contributed by atoms with Gasteiger partial charge in [-0.2, -0.15) is 0 Å². The van der Waals surface area contributed by atoms with Crippen molar-refractivity contribution in [2.45, 2.75) is 26.4 Å². The van der Waals surface area contributed by atoms with Crippen LogP contribution in [0.15, 0.2) is 18.2 Å². The number of nitrogens with zero attached hydrogens (tertiary/aromatic N) is 1. The van der Waals surface area contributed by atoms with Gasteiger partial charge in [-0.05, 0) is 18.9 Å². The lowest BCUT2D eigenvalue weighted by atomic mass is 10.1. The lowest BCUT2D eigenvalue weighted by Crippen LogP contribution is -2.28. The zero-order valence-corrected chi connectivity index (χ0v) is 9.98. The number of aromatic hydroxyl groups is 1. The molecule has 0 bridgehead atoms. The fraction of sp³-hybridized carbons (Fsp3) is 0.538. The van der Waals surface area contributed by atoms with Gasteiger partial charge in [0.05, 0.1) is 0 Å². The van der Waals surface area contributed by atoms with Crippen LogP contribution in [0.25, 0.3) is 0 Å². The first-order valence-corrected chi connectivity index (χ1v) is 5.82. The van der Waals surface area contributed by atoms with Crippen LogP contribution < -0.4 is 5.73 Å². The molecule has 1 aromatic rings. The Morgan fingerprint density at radius 1 is 1.44 bits per heavy atom. The molecule has 1 saturated heterocycles. The van der Waals surface area contributed by atoms with Gasteiger partial charge in [0.1, 0.15) is 5.75 Å². The van der Waals surface area contributed by atoms with Gasteiger partial charge >= 0.3 is 0 Å². The van der Waals surface area contributed by atoms with Crippen LogP contribution in [0.5, 0.6) is 5.75 Å². The van der Waals surface area contributed by atoms with E-state index < -0.39 is 0 Å². The SMILES string of the molecule is Cc1ccc(O)c(CN2CC(C)C(N)C2)c1. The van der Waals surface area contributed by atoms with Crippen LogP contribution in [0, 0.1) is 12.8 Å². The van der Waals surface area contributed by atoms with Gasteiger partial charge < -0.3 is 10.8 Å². The van der Waals surface area contributed by atoms with Gasteiger partial charge in [0.25, 0.3) is 0 Å². The fourth-order valence-electron chi connectivity index (χ4n) is 2.31. The predicted octanol–water partition coefficient (Wildman–Crippen LogP) is 1.48. The zero-order valence-electron chi connectivity index (χ0n) is 9.98. The molecule has 1 heterocycles. The standard InChI is InChI=1S/C13H20N2O/c1-9-3-4-13(16)11(5-9)7-15-6-10(2)12(14)8-15/h3-5,10,12,16H,6-8,14H2,1-2H3. The average Bonchev–Trinajstić information content (AvgIpc) is 2.52. The number of hydrogen-bond donors (Lipinski definition) is 2. The van der Waals surface area contributed by atoms with Gasteiger partial charge in [-0.25, -0.2) is 0 Å². The number of phenolic OH excluding ortho intramolecular Hbond substituents is 1. The van der Waals surface area contributed by atoms with E-state index in [-0.39, 0.29) is 6.04 Å². The van der Waals surface area contributed by atoms with Gasteiger partial charge in [-0.3, -0.25) is 4.90 Å². The van der Waals surface area contributed by atoms with Gasteiger partial charge in [-0.15, -0.1) is 0 Å². The van der Waals surface area contributed by atoms with Crippen LogP contribution in [-0.2, 0) is 6.54 Å². The third kappa shape index (κ3) is 2.36. The minimum atomic E-state index is 0.270. The van der Waals surface area contributed by atoms with Crippen molar-refractivity contribution in [2.75, 3.05) is 13.1 Å². The summed E-state index contributed by atoms with van der Waals surface area (Å²) >= 11 is 0. The van der Waals surface area contributed by atoms with Crippen molar-refractivity contribution < 1.29 is 5.11 Å². The Bertz CT molecular complexity index is 368. The molecule has 0 amide bonds. The molecular formula is C13H20N2O. The summed E-state index contributed by atoms with van der Waals surface area (Å²) in [5.74, 6) is 0.936. The molecule has 1 fully saturated rings. The molecule has 3 heteroatoms. The molecule has 0 aromatic heterocycles. The molecule has 0 aliphatic carbocycles. The summed E-state index contributed by atoms with van der Waals surface area (Å²) in [6.07, 6.45) is 0. The highest BCUT2D eigenvalue weighted by Gasteiger charge is 2.26. The predicted molar refractivity (Wildman–Crippen MR) is 65.3 cm³/mol. The van der Waals surface area contributed by atoms with Crippen molar-refractivity contribution in [3.63, 3.8) is 0 Å². The Morgan fingerprint density at radius 3 is 2.81 bits per heavy atom. The summed E-state index contributed by atoms with van der Waals surface area (Å²) in [6, 6.07) is 6.01. The van der Waals surface area contributed by atoms with Gasteiger partial charge in [0.15, 0.2) is 0 Å². The van der Waals surface area contributed by atoms with E-state index in [0.717, 1.165) is 25.2 Å². The topological polar surface area (TPSA) is 49.5 Å². The van der Waals surface area contributed by atoms with E-state index >= 15 is 0 Å². The molecule has 2 rings (SSSR count). The minimum absolute atomic E-state index is 0.270. The summed E-state index contributed by atoms with van der Waals surface area (Å²) in [6.45, 7) is 6.97. The van der Waals surface area contributed by atoms with E-state index in [4.69, 9.17) is 5.73 Å². The molecule has 3 nitrogen and oxygen atoms in total. The smallest absolute Gasteiger partial charge is 0.120 e. The molecule has 0 spiro atoms. The summed E-state index contributed by atoms with van der Waals surface area (Å²) in [5.41, 5.74) is 8.17. The number of aryl methyl sites for hydroxylation is 1. The van der Waals surface area contributed by atoms with Crippen LogP contribution in [-0.4, -0.2) is 29.1 Å². The van der Waals surface area contributed by atoms with Crippen molar-refractivity contribution in [3.05, 3.63) is 29.3 Å². The lowest BCUT2D eigenvalue weighted by molar-refractivity contribution is 0.312. The summed E-state index contributed by atoms with van der Waals surface area (Å²) in [7, 11) is 0. The van der Waals surface area contributed by atoms with Crippen LogP contribution in [0.2, 0.25) is 0 Å². The number of nitrogens with two attached hydrogens (primary N) is 1. The number of hydrogen-bond acceptors (Lipinski definition) is 3. The van der Waals surface area contributed by atoms with Crippen molar-refractivity contribution in [1.82, 2.24) is 4.90 Å². The Kier molecular flexibility index (Phi) is 3.17. The molecule has 88 valence electrons. The van der Waals surface area contributed by atoms with Crippen molar-refractivity contribution >= 4 is 0 Å². The maximum absolute atomic E-state index is 9.77. The van der Waals surface area contributed by atoms with Crippen molar-refractivity contribution in [2.24, 2.45) is 11.7 Å². The second kappa shape index (κ2) is 4.44. The molecule has 2 unspecified atom stereocenters. The Hall–Kier alpha value is -1.06. The van der Waals surface area contributed by atoms with Crippen LogP contribution in [0.3, 0.4) is 0 Å². The monoisotopic (exact) mass is 220 g/mol.